The van der Waals surface area contributed by atoms with Crippen LogP contribution in [0.3, 0.4) is 0 Å². The molecule has 0 aromatic carbocycles. The van der Waals surface area contributed by atoms with Gasteiger partial charge in [0.05, 0.1) is 5.60 Å². The third kappa shape index (κ3) is 2.14. The van der Waals surface area contributed by atoms with Crippen molar-refractivity contribution in [2.45, 2.75) is 52.1 Å². The van der Waals surface area contributed by atoms with Crippen LogP contribution in [-0.4, -0.2) is 10.7 Å². The molecule has 2 atom stereocenters. The summed E-state index contributed by atoms with van der Waals surface area (Å²) in [4.78, 5) is 0. The van der Waals surface area contributed by atoms with Crippen molar-refractivity contribution in [2.24, 2.45) is 11.8 Å². The molecule has 0 saturated heterocycles. The van der Waals surface area contributed by atoms with Crippen LogP contribution in [0.5, 0.6) is 0 Å². The van der Waals surface area contributed by atoms with Gasteiger partial charge in [0.1, 0.15) is 0 Å². The number of rotatable bonds is 2. The van der Waals surface area contributed by atoms with Crippen molar-refractivity contribution in [3.05, 3.63) is 12.2 Å². The van der Waals surface area contributed by atoms with Gasteiger partial charge in [0.2, 0.25) is 0 Å². The van der Waals surface area contributed by atoms with E-state index in [1.54, 1.807) is 0 Å². The van der Waals surface area contributed by atoms with Gasteiger partial charge in [-0.1, -0.05) is 32.4 Å². The third-order valence-electron chi connectivity index (χ3n) is 3.61. The monoisotopic (exact) mass is 182 g/mol. The SMILES string of the molecule is C=C1CCCCC1C(C)(O)C(C)C. The molecule has 1 fully saturated rings. The van der Waals surface area contributed by atoms with Crippen molar-refractivity contribution >= 4 is 0 Å². The van der Waals surface area contributed by atoms with E-state index >= 15 is 0 Å². The Kier molecular flexibility index (Phi) is 3.18. The highest BCUT2D eigenvalue weighted by atomic mass is 16.3. The maximum atomic E-state index is 10.3. The minimum atomic E-state index is -0.558. The Balaban J connectivity index is 2.73. The molecule has 0 heterocycles. The Morgan fingerprint density at radius 2 is 2.08 bits per heavy atom. The molecular weight excluding hydrogens is 160 g/mol. The molecule has 0 bridgehead atoms. The molecule has 1 heteroatoms. The van der Waals surface area contributed by atoms with Gasteiger partial charge in [0.25, 0.3) is 0 Å². The van der Waals surface area contributed by atoms with Crippen LogP contribution in [-0.2, 0) is 0 Å². The summed E-state index contributed by atoms with van der Waals surface area (Å²) in [6.45, 7) is 10.2. The van der Waals surface area contributed by atoms with Crippen molar-refractivity contribution in [2.75, 3.05) is 0 Å². The number of hydrogen-bond acceptors (Lipinski definition) is 1. The Labute approximate surface area is 81.9 Å². The highest BCUT2D eigenvalue weighted by molar-refractivity contribution is 5.10. The summed E-state index contributed by atoms with van der Waals surface area (Å²) in [5.74, 6) is 0.633. The second-order valence-electron chi connectivity index (χ2n) is 4.84. The second kappa shape index (κ2) is 3.83. The zero-order valence-electron chi connectivity index (χ0n) is 9.14. The standard InChI is InChI=1S/C12H22O/c1-9(2)12(4,13)11-8-6-5-7-10(11)3/h9,11,13H,3,5-8H2,1-2,4H3. The van der Waals surface area contributed by atoms with Crippen molar-refractivity contribution in [1.82, 2.24) is 0 Å². The molecule has 0 spiro atoms. The summed E-state index contributed by atoms with van der Waals surface area (Å²) in [5, 5.41) is 10.3. The first-order valence-corrected chi connectivity index (χ1v) is 5.36. The van der Waals surface area contributed by atoms with E-state index in [1.807, 2.05) is 6.92 Å². The Morgan fingerprint density at radius 3 is 2.54 bits per heavy atom. The van der Waals surface area contributed by atoms with Gasteiger partial charge in [0.15, 0.2) is 0 Å². The molecule has 0 aromatic heterocycles. The van der Waals surface area contributed by atoms with Crippen molar-refractivity contribution in [3.63, 3.8) is 0 Å². The number of hydrogen-bond donors (Lipinski definition) is 1. The molecule has 2 unspecified atom stereocenters. The van der Waals surface area contributed by atoms with Gasteiger partial charge in [-0.05, 0) is 32.1 Å². The van der Waals surface area contributed by atoms with Crippen LogP contribution in [0.4, 0.5) is 0 Å². The van der Waals surface area contributed by atoms with E-state index < -0.39 is 5.60 Å². The lowest BCUT2D eigenvalue weighted by molar-refractivity contribution is -0.0363. The van der Waals surface area contributed by atoms with Gasteiger partial charge in [0, 0.05) is 5.92 Å². The molecule has 1 saturated carbocycles. The maximum absolute atomic E-state index is 10.3. The average molecular weight is 182 g/mol. The fourth-order valence-electron chi connectivity index (χ4n) is 2.19. The summed E-state index contributed by atoms with van der Waals surface area (Å²) in [7, 11) is 0. The smallest absolute Gasteiger partial charge is 0.0707 e. The minimum absolute atomic E-state index is 0.312. The lowest BCUT2D eigenvalue weighted by Crippen LogP contribution is -2.41. The van der Waals surface area contributed by atoms with Crippen molar-refractivity contribution < 1.29 is 5.11 Å². The zero-order valence-corrected chi connectivity index (χ0v) is 9.14. The van der Waals surface area contributed by atoms with Gasteiger partial charge in [-0.3, -0.25) is 0 Å². The van der Waals surface area contributed by atoms with Crippen LogP contribution in [0.25, 0.3) is 0 Å². The van der Waals surface area contributed by atoms with E-state index in [-0.39, 0.29) is 0 Å². The Hall–Kier alpha value is -0.300. The summed E-state index contributed by atoms with van der Waals surface area (Å²) < 4.78 is 0. The largest absolute Gasteiger partial charge is 0.389 e. The van der Waals surface area contributed by atoms with Crippen LogP contribution in [0, 0.1) is 11.8 Å². The molecular formula is C12H22O. The highest BCUT2D eigenvalue weighted by Crippen LogP contribution is 2.39. The molecule has 13 heavy (non-hydrogen) atoms. The Morgan fingerprint density at radius 1 is 1.46 bits per heavy atom. The van der Waals surface area contributed by atoms with Crippen LogP contribution < -0.4 is 0 Å². The van der Waals surface area contributed by atoms with E-state index in [9.17, 15) is 5.11 Å². The predicted octanol–water partition coefficient (Wildman–Crippen LogP) is 3.14. The van der Waals surface area contributed by atoms with Gasteiger partial charge < -0.3 is 5.11 Å². The fraction of sp³-hybridized carbons (Fsp3) is 0.833. The van der Waals surface area contributed by atoms with Gasteiger partial charge in [-0.15, -0.1) is 0 Å². The van der Waals surface area contributed by atoms with Crippen LogP contribution in [0.15, 0.2) is 12.2 Å². The maximum Gasteiger partial charge on any atom is 0.0707 e. The summed E-state index contributed by atoms with van der Waals surface area (Å²) in [6.07, 6.45) is 4.72. The Bertz CT molecular complexity index is 191. The van der Waals surface area contributed by atoms with E-state index in [0.29, 0.717) is 11.8 Å². The highest BCUT2D eigenvalue weighted by Gasteiger charge is 2.37. The van der Waals surface area contributed by atoms with E-state index in [4.69, 9.17) is 0 Å². The molecule has 0 aliphatic heterocycles. The molecule has 1 N–H and O–H groups in total. The first-order chi connectivity index (χ1) is 5.96. The lowest BCUT2D eigenvalue weighted by atomic mass is 9.70. The summed E-state index contributed by atoms with van der Waals surface area (Å²) in [5.41, 5.74) is 0.697. The van der Waals surface area contributed by atoms with Crippen LogP contribution in [0.2, 0.25) is 0 Å². The van der Waals surface area contributed by atoms with E-state index in [1.165, 1.54) is 18.4 Å². The second-order valence-corrected chi connectivity index (χ2v) is 4.84. The average Bonchev–Trinajstić information content (AvgIpc) is 2.04. The van der Waals surface area contributed by atoms with Crippen LogP contribution in [0.1, 0.15) is 46.5 Å². The molecule has 1 aliphatic rings. The molecule has 1 rings (SSSR count). The van der Waals surface area contributed by atoms with Gasteiger partial charge in [-0.2, -0.15) is 0 Å². The number of aliphatic hydroxyl groups is 1. The van der Waals surface area contributed by atoms with Gasteiger partial charge >= 0.3 is 0 Å². The van der Waals surface area contributed by atoms with E-state index in [0.717, 1.165) is 12.8 Å². The lowest BCUT2D eigenvalue weighted by Gasteiger charge is -2.40. The van der Waals surface area contributed by atoms with E-state index in [2.05, 4.69) is 20.4 Å². The fourth-order valence-corrected chi connectivity index (χ4v) is 2.19. The first-order valence-electron chi connectivity index (χ1n) is 5.36. The first kappa shape index (κ1) is 10.8. The molecule has 1 aliphatic carbocycles. The van der Waals surface area contributed by atoms with Crippen LogP contribution >= 0.6 is 0 Å². The molecule has 1 nitrogen and oxygen atoms in total. The minimum Gasteiger partial charge on any atom is -0.389 e. The quantitative estimate of drug-likeness (QED) is 0.650. The zero-order chi connectivity index (χ0) is 10.1. The summed E-state index contributed by atoms with van der Waals surface area (Å²) >= 11 is 0. The van der Waals surface area contributed by atoms with Gasteiger partial charge in [-0.25, -0.2) is 0 Å². The predicted molar refractivity (Wildman–Crippen MR) is 56.6 cm³/mol. The third-order valence-corrected chi connectivity index (χ3v) is 3.61. The topological polar surface area (TPSA) is 20.2 Å². The molecule has 0 radical (unpaired) electrons. The van der Waals surface area contributed by atoms with Crippen molar-refractivity contribution in [1.29, 1.82) is 0 Å². The normalized spacial score (nSPS) is 29.0. The molecule has 0 amide bonds. The summed E-state index contributed by atoms with van der Waals surface area (Å²) in [6, 6.07) is 0. The molecule has 76 valence electrons. The van der Waals surface area contributed by atoms with Crippen molar-refractivity contribution in [3.8, 4) is 0 Å². The molecule has 0 aromatic rings.